The highest BCUT2D eigenvalue weighted by Gasteiger charge is 2.48. The molecule has 20 heavy (non-hydrogen) atoms. The van der Waals surface area contributed by atoms with Gasteiger partial charge in [-0.1, -0.05) is 12.8 Å². The van der Waals surface area contributed by atoms with E-state index >= 15 is 0 Å². The molecule has 112 valence electrons. The molecule has 0 aromatic rings. The first-order chi connectivity index (χ1) is 9.68. The number of ether oxygens (including phenoxy) is 1. The van der Waals surface area contributed by atoms with Crippen molar-refractivity contribution >= 4 is 11.9 Å². The summed E-state index contributed by atoms with van der Waals surface area (Å²) in [6.07, 6.45) is 6.68. The van der Waals surface area contributed by atoms with Crippen molar-refractivity contribution in [1.29, 1.82) is 0 Å². The van der Waals surface area contributed by atoms with Crippen molar-refractivity contribution in [2.75, 3.05) is 13.2 Å². The number of carboxylic acid groups (broad SMARTS) is 1. The van der Waals surface area contributed by atoms with Gasteiger partial charge in [-0.25, -0.2) is 4.79 Å². The van der Waals surface area contributed by atoms with Crippen molar-refractivity contribution < 1.29 is 19.4 Å². The minimum absolute atomic E-state index is 0.0199. The van der Waals surface area contributed by atoms with E-state index < -0.39 is 12.0 Å². The summed E-state index contributed by atoms with van der Waals surface area (Å²) in [4.78, 5) is 26.0. The maximum Gasteiger partial charge on any atom is 0.326 e. The van der Waals surface area contributed by atoms with Gasteiger partial charge in [0.1, 0.15) is 6.04 Å². The Morgan fingerprint density at radius 2 is 1.90 bits per heavy atom. The Bertz CT molecular complexity index is 391. The summed E-state index contributed by atoms with van der Waals surface area (Å²) in [7, 11) is 0. The molecule has 1 aliphatic carbocycles. The van der Waals surface area contributed by atoms with Crippen LogP contribution in [0.25, 0.3) is 0 Å². The van der Waals surface area contributed by atoms with Crippen LogP contribution in [0.5, 0.6) is 0 Å². The molecule has 0 aromatic carbocycles. The van der Waals surface area contributed by atoms with Crippen LogP contribution in [0.4, 0.5) is 0 Å². The fourth-order valence-electron chi connectivity index (χ4n) is 4.14. The number of carbonyl (C=O) groups is 2. The predicted molar refractivity (Wildman–Crippen MR) is 72.2 cm³/mol. The second-order valence-electron chi connectivity index (χ2n) is 6.36. The first-order valence-electron chi connectivity index (χ1n) is 7.81. The first kappa shape index (κ1) is 13.9. The average molecular weight is 281 g/mol. The number of hydrogen-bond acceptors (Lipinski definition) is 3. The van der Waals surface area contributed by atoms with Crippen LogP contribution >= 0.6 is 0 Å². The quantitative estimate of drug-likeness (QED) is 0.836. The van der Waals surface area contributed by atoms with E-state index in [4.69, 9.17) is 4.74 Å². The number of amides is 1. The maximum atomic E-state index is 12.8. The van der Waals surface area contributed by atoms with Gasteiger partial charge in [0.2, 0.25) is 5.91 Å². The van der Waals surface area contributed by atoms with Gasteiger partial charge >= 0.3 is 5.97 Å². The molecule has 0 spiro atoms. The Balaban J connectivity index is 1.79. The Morgan fingerprint density at radius 3 is 2.60 bits per heavy atom. The first-order valence-corrected chi connectivity index (χ1v) is 7.81. The standard InChI is InChI=1S/C15H23NO4/c17-14(11-5-3-7-20-9-11)16-12-6-2-1-4-10(12)8-13(16)15(18)19/h10-13H,1-9H2,(H,18,19)/t10-,11+,12+,13-/m0/s1. The molecule has 0 unspecified atom stereocenters. The smallest absolute Gasteiger partial charge is 0.326 e. The van der Waals surface area contributed by atoms with E-state index in [0.717, 1.165) is 38.7 Å². The molecule has 1 amide bonds. The minimum atomic E-state index is -0.843. The summed E-state index contributed by atoms with van der Waals surface area (Å²) in [6, 6.07) is -0.461. The second kappa shape index (κ2) is 5.72. The Morgan fingerprint density at radius 1 is 1.10 bits per heavy atom. The van der Waals surface area contributed by atoms with Crippen molar-refractivity contribution in [1.82, 2.24) is 4.90 Å². The van der Waals surface area contributed by atoms with Gasteiger partial charge in [-0.05, 0) is 38.0 Å². The molecule has 0 aromatic heterocycles. The fraction of sp³-hybridized carbons (Fsp3) is 0.867. The van der Waals surface area contributed by atoms with Gasteiger partial charge < -0.3 is 14.7 Å². The third-order valence-corrected chi connectivity index (χ3v) is 5.14. The molecule has 3 rings (SSSR count). The topological polar surface area (TPSA) is 66.8 Å². The van der Waals surface area contributed by atoms with E-state index in [1.165, 1.54) is 6.42 Å². The number of hydrogen-bond donors (Lipinski definition) is 1. The van der Waals surface area contributed by atoms with Gasteiger partial charge in [-0.15, -0.1) is 0 Å². The van der Waals surface area contributed by atoms with Crippen molar-refractivity contribution in [2.45, 2.75) is 57.0 Å². The van der Waals surface area contributed by atoms with Gasteiger partial charge in [0.05, 0.1) is 12.5 Å². The van der Waals surface area contributed by atoms with E-state index in [1.807, 2.05) is 0 Å². The van der Waals surface area contributed by atoms with Crippen LogP contribution < -0.4 is 0 Å². The third-order valence-electron chi connectivity index (χ3n) is 5.14. The molecular formula is C15H23NO4. The van der Waals surface area contributed by atoms with Crippen molar-refractivity contribution in [3.05, 3.63) is 0 Å². The summed E-state index contributed by atoms with van der Waals surface area (Å²) >= 11 is 0. The Kier molecular flexibility index (Phi) is 3.96. The number of likely N-dealkylation sites (tertiary alicyclic amines) is 1. The normalized spacial score (nSPS) is 37.5. The predicted octanol–water partition coefficient (Wildman–Crippen LogP) is 1.66. The van der Waals surface area contributed by atoms with Gasteiger partial charge in [0.15, 0.2) is 0 Å². The number of aliphatic carboxylic acids is 1. The largest absolute Gasteiger partial charge is 0.480 e. The zero-order valence-electron chi connectivity index (χ0n) is 11.8. The van der Waals surface area contributed by atoms with Crippen LogP contribution in [0.2, 0.25) is 0 Å². The lowest BCUT2D eigenvalue weighted by Crippen LogP contribution is -2.50. The summed E-state index contributed by atoms with van der Waals surface area (Å²) in [5, 5.41) is 9.45. The lowest BCUT2D eigenvalue weighted by molar-refractivity contribution is -0.154. The van der Waals surface area contributed by atoms with Crippen LogP contribution in [0.1, 0.15) is 44.9 Å². The van der Waals surface area contributed by atoms with Crippen molar-refractivity contribution in [3.63, 3.8) is 0 Å². The van der Waals surface area contributed by atoms with Gasteiger partial charge in [-0.2, -0.15) is 0 Å². The molecule has 5 heteroatoms. The highest BCUT2D eigenvalue weighted by Crippen LogP contribution is 2.41. The molecule has 2 saturated heterocycles. The average Bonchev–Trinajstić information content (AvgIpc) is 2.87. The zero-order valence-corrected chi connectivity index (χ0v) is 11.8. The molecule has 0 radical (unpaired) electrons. The Labute approximate surface area is 119 Å². The third kappa shape index (κ3) is 2.43. The maximum absolute atomic E-state index is 12.8. The molecule has 4 atom stereocenters. The van der Waals surface area contributed by atoms with Crippen LogP contribution in [0.15, 0.2) is 0 Å². The highest BCUT2D eigenvalue weighted by atomic mass is 16.5. The molecule has 0 bridgehead atoms. The number of nitrogens with zero attached hydrogens (tertiary/aromatic N) is 1. The van der Waals surface area contributed by atoms with E-state index in [-0.39, 0.29) is 17.9 Å². The zero-order chi connectivity index (χ0) is 14.1. The second-order valence-corrected chi connectivity index (χ2v) is 6.36. The van der Waals surface area contributed by atoms with Crippen LogP contribution in [0, 0.1) is 11.8 Å². The lowest BCUT2D eigenvalue weighted by Gasteiger charge is -2.36. The molecular weight excluding hydrogens is 258 g/mol. The van der Waals surface area contributed by atoms with Crippen LogP contribution in [0.3, 0.4) is 0 Å². The number of fused-ring (bicyclic) bond motifs is 1. The highest BCUT2D eigenvalue weighted by molar-refractivity contribution is 5.86. The summed E-state index contributed by atoms with van der Waals surface area (Å²) in [5.74, 6) is -0.569. The van der Waals surface area contributed by atoms with E-state index in [1.54, 1.807) is 4.90 Å². The van der Waals surface area contributed by atoms with E-state index in [2.05, 4.69) is 0 Å². The fourth-order valence-corrected chi connectivity index (χ4v) is 4.14. The van der Waals surface area contributed by atoms with E-state index in [0.29, 0.717) is 18.9 Å². The Hall–Kier alpha value is -1.10. The molecule has 2 heterocycles. The number of carboxylic acids is 1. The number of carbonyl (C=O) groups excluding carboxylic acids is 1. The van der Waals surface area contributed by atoms with Crippen LogP contribution in [-0.2, 0) is 14.3 Å². The van der Waals surface area contributed by atoms with Gasteiger partial charge in [0, 0.05) is 12.6 Å². The SMILES string of the molecule is O=C(O)[C@@H]1C[C@@H]2CCCC[C@H]2N1C(=O)[C@@H]1CCCOC1. The summed E-state index contributed by atoms with van der Waals surface area (Å²) in [6.45, 7) is 1.18. The summed E-state index contributed by atoms with van der Waals surface area (Å²) in [5.41, 5.74) is 0. The van der Waals surface area contributed by atoms with Crippen LogP contribution in [-0.4, -0.2) is 47.2 Å². The summed E-state index contributed by atoms with van der Waals surface area (Å²) < 4.78 is 5.40. The minimum Gasteiger partial charge on any atom is -0.480 e. The molecule has 1 saturated carbocycles. The lowest BCUT2D eigenvalue weighted by atomic mass is 9.84. The number of rotatable bonds is 2. The van der Waals surface area contributed by atoms with Gasteiger partial charge in [-0.3, -0.25) is 4.79 Å². The van der Waals surface area contributed by atoms with E-state index in [9.17, 15) is 14.7 Å². The molecule has 3 aliphatic rings. The molecule has 2 aliphatic heterocycles. The van der Waals surface area contributed by atoms with Gasteiger partial charge in [0.25, 0.3) is 0 Å². The van der Waals surface area contributed by atoms with Crippen molar-refractivity contribution in [3.8, 4) is 0 Å². The monoisotopic (exact) mass is 281 g/mol. The molecule has 1 N–H and O–H groups in total. The van der Waals surface area contributed by atoms with Crippen molar-refractivity contribution in [2.24, 2.45) is 11.8 Å². The molecule has 5 nitrogen and oxygen atoms in total. The molecule has 3 fully saturated rings.